The molecule has 2 rings (SSSR count). The molecule has 0 amide bonds. The number of allylic oxidation sites excluding steroid dienone is 4. The standard InChI is InChI=1S/C11H8BrNO3/c1-16-11(15)8-5-6(12)4-7-9(14)2-3-13-10(7)8/h2-6H,1H3. The van der Waals surface area contributed by atoms with E-state index in [1.54, 1.807) is 12.2 Å². The van der Waals surface area contributed by atoms with Crippen molar-refractivity contribution >= 4 is 33.4 Å². The monoisotopic (exact) mass is 281 g/mol. The second-order valence-electron chi connectivity index (χ2n) is 3.25. The zero-order chi connectivity index (χ0) is 11.7. The highest BCUT2D eigenvalue weighted by atomic mass is 79.9. The highest BCUT2D eigenvalue weighted by molar-refractivity contribution is 9.09. The lowest BCUT2D eigenvalue weighted by Crippen LogP contribution is -2.26. The highest BCUT2D eigenvalue weighted by Gasteiger charge is 2.29. The van der Waals surface area contributed by atoms with Crippen molar-refractivity contribution < 1.29 is 14.3 Å². The van der Waals surface area contributed by atoms with Gasteiger partial charge in [-0.2, -0.15) is 0 Å². The van der Waals surface area contributed by atoms with E-state index in [1.807, 2.05) is 0 Å². The molecule has 5 heteroatoms. The van der Waals surface area contributed by atoms with Gasteiger partial charge in [0.05, 0.1) is 23.2 Å². The number of hydrogen-bond acceptors (Lipinski definition) is 4. The first-order valence-corrected chi connectivity index (χ1v) is 5.50. The summed E-state index contributed by atoms with van der Waals surface area (Å²) in [6.45, 7) is 0. The minimum absolute atomic E-state index is 0.149. The average molecular weight is 282 g/mol. The van der Waals surface area contributed by atoms with E-state index in [0.29, 0.717) is 16.9 Å². The fourth-order valence-electron chi connectivity index (χ4n) is 1.55. The topological polar surface area (TPSA) is 55.7 Å². The Morgan fingerprint density at radius 2 is 2.25 bits per heavy atom. The van der Waals surface area contributed by atoms with Crippen LogP contribution in [0.4, 0.5) is 0 Å². The predicted molar refractivity (Wildman–Crippen MR) is 62.5 cm³/mol. The van der Waals surface area contributed by atoms with Crippen LogP contribution < -0.4 is 0 Å². The molecule has 4 nitrogen and oxygen atoms in total. The second kappa shape index (κ2) is 4.17. The van der Waals surface area contributed by atoms with Crippen LogP contribution in [0, 0.1) is 0 Å². The quantitative estimate of drug-likeness (QED) is 0.538. The zero-order valence-electron chi connectivity index (χ0n) is 8.44. The number of hydrogen-bond donors (Lipinski definition) is 0. The van der Waals surface area contributed by atoms with E-state index in [0.717, 1.165) is 0 Å². The van der Waals surface area contributed by atoms with Crippen LogP contribution >= 0.6 is 15.9 Å². The Morgan fingerprint density at radius 3 is 2.94 bits per heavy atom. The summed E-state index contributed by atoms with van der Waals surface area (Å²) in [5, 5.41) is 0. The van der Waals surface area contributed by atoms with Crippen molar-refractivity contribution in [3.05, 3.63) is 35.6 Å². The van der Waals surface area contributed by atoms with Gasteiger partial charge in [0.2, 0.25) is 0 Å². The van der Waals surface area contributed by atoms with Gasteiger partial charge in [-0.25, -0.2) is 4.79 Å². The summed E-state index contributed by atoms with van der Waals surface area (Å²) < 4.78 is 4.65. The highest BCUT2D eigenvalue weighted by Crippen LogP contribution is 2.24. The third-order valence-electron chi connectivity index (χ3n) is 2.26. The maximum absolute atomic E-state index is 11.6. The zero-order valence-corrected chi connectivity index (χ0v) is 10.0. The molecule has 82 valence electrons. The number of nitrogens with zero attached hydrogens (tertiary/aromatic N) is 1. The first-order chi connectivity index (χ1) is 7.63. The van der Waals surface area contributed by atoms with E-state index in [9.17, 15) is 9.59 Å². The predicted octanol–water partition coefficient (Wildman–Crippen LogP) is 1.33. The fourth-order valence-corrected chi connectivity index (χ4v) is 2.08. The largest absolute Gasteiger partial charge is 0.465 e. The molecule has 0 spiro atoms. The fraction of sp³-hybridized carbons (Fsp3) is 0.182. The Morgan fingerprint density at radius 1 is 1.50 bits per heavy atom. The normalized spacial score (nSPS) is 23.0. The number of carbonyl (C=O) groups excluding carboxylic acids is 2. The van der Waals surface area contributed by atoms with E-state index < -0.39 is 5.97 Å². The number of ketones is 1. The number of ether oxygens (including phenoxy) is 1. The number of esters is 1. The molecule has 1 aliphatic heterocycles. The minimum Gasteiger partial charge on any atom is -0.465 e. The van der Waals surface area contributed by atoms with Crippen LogP contribution in [-0.2, 0) is 14.3 Å². The van der Waals surface area contributed by atoms with Crippen molar-refractivity contribution in [2.24, 2.45) is 4.99 Å². The van der Waals surface area contributed by atoms with Crippen LogP contribution in [0.5, 0.6) is 0 Å². The van der Waals surface area contributed by atoms with Gasteiger partial charge in [0.1, 0.15) is 0 Å². The van der Waals surface area contributed by atoms with Crippen molar-refractivity contribution in [1.82, 2.24) is 0 Å². The van der Waals surface area contributed by atoms with Crippen molar-refractivity contribution in [2.45, 2.75) is 4.83 Å². The molecule has 0 radical (unpaired) electrons. The molecule has 2 aliphatic rings. The van der Waals surface area contributed by atoms with Crippen LogP contribution in [0.15, 0.2) is 40.6 Å². The van der Waals surface area contributed by atoms with E-state index in [2.05, 4.69) is 25.7 Å². The molecule has 0 bridgehead atoms. The van der Waals surface area contributed by atoms with Crippen molar-refractivity contribution in [3.63, 3.8) is 0 Å². The van der Waals surface area contributed by atoms with Gasteiger partial charge in [-0.3, -0.25) is 9.79 Å². The smallest absolute Gasteiger partial charge is 0.339 e. The molecule has 16 heavy (non-hydrogen) atoms. The van der Waals surface area contributed by atoms with E-state index in [-0.39, 0.29) is 10.6 Å². The lowest BCUT2D eigenvalue weighted by molar-refractivity contribution is -0.135. The molecular formula is C11H8BrNO3. The van der Waals surface area contributed by atoms with Crippen LogP contribution in [-0.4, -0.2) is 29.4 Å². The number of methoxy groups -OCH3 is 1. The van der Waals surface area contributed by atoms with Crippen LogP contribution in [0.25, 0.3) is 0 Å². The van der Waals surface area contributed by atoms with E-state index in [1.165, 1.54) is 19.4 Å². The molecular weight excluding hydrogens is 274 g/mol. The van der Waals surface area contributed by atoms with Crippen molar-refractivity contribution in [1.29, 1.82) is 0 Å². The Labute approximate surface area is 101 Å². The molecule has 0 fully saturated rings. The summed E-state index contributed by atoms with van der Waals surface area (Å²) >= 11 is 3.32. The van der Waals surface area contributed by atoms with E-state index in [4.69, 9.17) is 0 Å². The minimum atomic E-state index is -0.489. The number of alkyl halides is 1. The summed E-state index contributed by atoms with van der Waals surface area (Å²) in [4.78, 5) is 27.0. The third kappa shape index (κ3) is 1.78. The first-order valence-electron chi connectivity index (χ1n) is 4.59. The van der Waals surface area contributed by atoms with Gasteiger partial charge in [0.15, 0.2) is 5.78 Å². The summed E-state index contributed by atoms with van der Waals surface area (Å²) in [5.41, 5.74) is 1.14. The van der Waals surface area contributed by atoms with Crippen molar-refractivity contribution in [3.8, 4) is 0 Å². The van der Waals surface area contributed by atoms with Crippen molar-refractivity contribution in [2.75, 3.05) is 7.11 Å². The van der Waals surface area contributed by atoms with Gasteiger partial charge >= 0.3 is 5.97 Å². The molecule has 0 aromatic heterocycles. The number of fused-ring (bicyclic) bond motifs is 1. The lowest BCUT2D eigenvalue weighted by Gasteiger charge is -2.18. The van der Waals surface area contributed by atoms with E-state index >= 15 is 0 Å². The Hall–Kier alpha value is -1.49. The molecule has 1 atom stereocenters. The van der Waals surface area contributed by atoms with Crippen LogP contribution in [0.1, 0.15) is 0 Å². The first kappa shape index (κ1) is 11.0. The molecule has 1 unspecified atom stereocenters. The Balaban J connectivity index is 2.49. The molecule has 0 aromatic rings. The number of halogens is 1. The summed E-state index contributed by atoms with van der Waals surface area (Å²) in [5.74, 6) is -0.638. The summed E-state index contributed by atoms with van der Waals surface area (Å²) in [6, 6.07) is 0. The Kier molecular flexibility index (Phi) is 2.87. The maximum Gasteiger partial charge on any atom is 0.339 e. The molecule has 1 aliphatic carbocycles. The second-order valence-corrected chi connectivity index (χ2v) is 4.31. The molecule has 1 heterocycles. The molecule has 0 aromatic carbocycles. The maximum atomic E-state index is 11.6. The summed E-state index contributed by atoms with van der Waals surface area (Å²) in [6.07, 6.45) is 6.15. The van der Waals surface area contributed by atoms with Gasteiger partial charge in [-0.05, 0) is 0 Å². The number of aliphatic imine (C=N–C) groups is 1. The van der Waals surface area contributed by atoms with Gasteiger partial charge in [-0.15, -0.1) is 0 Å². The Bertz CT molecular complexity index is 485. The third-order valence-corrected chi connectivity index (χ3v) is 2.79. The van der Waals surface area contributed by atoms with Crippen LogP contribution in [0.3, 0.4) is 0 Å². The van der Waals surface area contributed by atoms with Gasteiger partial charge in [0, 0.05) is 17.8 Å². The number of rotatable bonds is 1. The van der Waals surface area contributed by atoms with Gasteiger partial charge < -0.3 is 4.74 Å². The van der Waals surface area contributed by atoms with Gasteiger partial charge in [0.25, 0.3) is 0 Å². The summed E-state index contributed by atoms with van der Waals surface area (Å²) in [7, 11) is 1.30. The number of carbonyl (C=O) groups is 2. The molecule has 0 saturated carbocycles. The lowest BCUT2D eigenvalue weighted by atomic mass is 9.91. The van der Waals surface area contributed by atoms with Gasteiger partial charge in [-0.1, -0.05) is 28.1 Å². The molecule has 0 saturated heterocycles. The SMILES string of the molecule is COC(=O)C1=CC(Br)C=C2C(=O)C=CN=C21. The van der Waals surface area contributed by atoms with Crippen LogP contribution in [0.2, 0.25) is 0 Å². The average Bonchev–Trinajstić information content (AvgIpc) is 2.28. The molecule has 0 N–H and O–H groups in total.